The first-order chi connectivity index (χ1) is 10.3. The van der Waals surface area contributed by atoms with Gasteiger partial charge in [0.05, 0.1) is 5.56 Å². The van der Waals surface area contributed by atoms with E-state index in [0.29, 0.717) is 17.4 Å². The van der Waals surface area contributed by atoms with E-state index >= 15 is 0 Å². The minimum absolute atomic E-state index is 0.416. The maximum absolute atomic E-state index is 5.36. The zero-order valence-electron chi connectivity index (χ0n) is 11.1. The Kier molecular flexibility index (Phi) is 2.50. The van der Waals surface area contributed by atoms with E-state index in [-0.39, 0.29) is 0 Å². The Hall–Kier alpha value is -3.09. The van der Waals surface area contributed by atoms with E-state index < -0.39 is 0 Å². The molecule has 0 N–H and O–H groups in total. The van der Waals surface area contributed by atoms with Crippen LogP contribution in [0.5, 0.6) is 0 Å². The Morgan fingerprint density at radius 2 is 1.95 bits per heavy atom. The molecule has 7 nitrogen and oxygen atoms in total. The Labute approximate surface area is 119 Å². The topological polar surface area (TPSA) is 82.0 Å². The van der Waals surface area contributed by atoms with Crippen LogP contribution in [0, 0.1) is 6.92 Å². The van der Waals surface area contributed by atoms with E-state index in [0.717, 1.165) is 17.0 Å². The van der Waals surface area contributed by atoms with E-state index in [1.807, 2.05) is 41.8 Å². The van der Waals surface area contributed by atoms with Crippen LogP contribution < -0.4 is 0 Å². The van der Waals surface area contributed by atoms with Crippen molar-refractivity contribution in [1.82, 2.24) is 29.7 Å². The molecule has 0 bridgehead atoms. The van der Waals surface area contributed by atoms with Gasteiger partial charge in [0.1, 0.15) is 5.82 Å². The van der Waals surface area contributed by atoms with Crippen molar-refractivity contribution in [3.8, 4) is 22.8 Å². The molecule has 0 saturated heterocycles. The molecule has 0 fully saturated rings. The number of rotatable bonds is 2. The molecule has 0 saturated carbocycles. The number of aromatic nitrogens is 6. The summed E-state index contributed by atoms with van der Waals surface area (Å²) in [7, 11) is 0. The maximum atomic E-state index is 5.36. The van der Waals surface area contributed by atoms with Gasteiger partial charge in [-0.25, -0.2) is 0 Å². The van der Waals surface area contributed by atoms with Gasteiger partial charge in [-0.2, -0.15) is 4.98 Å². The van der Waals surface area contributed by atoms with Gasteiger partial charge in [-0.05, 0) is 31.2 Å². The fourth-order valence-corrected chi connectivity index (χ4v) is 2.15. The van der Waals surface area contributed by atoms with Gasteiger partial charge in [-0.3, -0.25) is 9.38 Å². The second kappa shape index (κ2) is 4.48. The highest BCUT2D eigenvalue weighted by molar-refractivity contribution is 5.72. The molecule has 21 heavy (non-hydrogen) atoms. The van der Waals surface area contributed by atoms with Crippen LogP contribution in [0.3, 0.4) is 0 Å². The van der Waals surface area contributed by atoms with E-state index in [9.17, 15) is 0 Å². The normalized spacial score (nSPS) is 11.1. The van der Waals surface area contributed by atoms with Crippen LogP contribution in [0.4, 0.5) is 0 Å². The molecule has 0 amide bonds. The summed E-state index contributed by atoms with van der Waals surface area (Å²) in [6.07, 6.45) is 5.27. The van der Waals surface area contributed by atoms with Crippen molar-refractivity contribution in [3.63, 3.8) is 0 Å². The lowest BCUT2D eigenvalue weighted by atomic mass is 10.2. The highest BCUT2D eigenvalue weighted by Crippen LogP contribution is 2.24. The molecule has 4 rings (SSSR count). The highest BCUT2D eigenvalue weighted by atomic mass is 16.5. The Balaban J connectivity index is 1.85. The quantitative estimate of drug-likeness (QED) is 0.558. The Morgan fingerprint density at radius 1 is 1.10 bits per heavy atom. The first-order valence-electron chi connectivity index (χ1n) is 6.38. The second-order valence-electron chi connectivity index (χ2n) is 4.52. The minimum Gasteiger partial charge on any atom is -0.333 e. The molecular weight excluding hydrogens is 268 g/mol. The van der Waals surface area contributed by atoms with Crippen LogP contribution in [0.15, 0.2) is 47.4 Å². The van der Waals surface area contributed by atoms with Gasteiger partial charge in [0.2, 0.25) is 5.82 Å². The van der Waals surface area contributed by atoms with E-state index in [4.69, 9.17) is 4.52 Å². The van der Waals surface area contributed by atoms with Crippen LogP contribution in [-0.4, -0.2) is 29.7 Å². The first kappa shape index (κ1) is 11.7. The standard InChI is InChI=1S/C14H10N6O/c1-9-17-18-13-11(3-2-8-20(9)13)14-16-12(19-21-14)10-4-6-15-7-5-10/h2-8H,1H3. The van der Waals surface area contributed by atoms with E-state index in [1.165, 1.54) is 0 Å². The first-order valence-corrected chi connectivity index (χ1v) is 6.38. The van der Waals surface area contributed by atoms with E-state index in [2.05, 4.69) is 25.3 Å². The van der Waals surface area contributed by atoms with Crippen molar-refractivity contribution in [2.45, 2.75) is 6.92 Å². The molecule has 0 aliphatic carbocycles. The average Bonchev–Trinajstić information content (AvgIpc) is 3.16. The summed E-state index contributed by atoms with van der Waals surface area (Å²) in [5, 5.41) is 12.2. The van der Waals surface area contributed by atoms with Crippen LogP contribution in [0.2, 0.25) is 0 Å². The number of nitrogens with zero attached hydrogens (tertiary/aromatic N) is 6. The number of aryl methyl sites for hydroxylation is 1. The average molecular weight is 278 g/mol. The van der Waals surface area contributed by atoms with Crippen molar-refractivity contribution < 1.29 is 4.52 Å². The fraction of sp³-hybridized carbons (Fsp3) is 0.0714. The number of fused-ring (bicyclic) bond motifs is 1. The molecule has 102 valence electrons. The largest absolute Gasteiger partial charge is 0.333 e. The third-order valence-corrected chi connectivity index (χ3v) is 3.20. The molecule has 0 atom stereocenters. The lowest BCUT2D eigenvalue weighted by molar-refractivity contribution is 0.432. The maximum Gasteiger partial charge on any atom is 0.262 e. The van der Waals surface area contributed by atoms with Crippen LogP contribution in [0.1, 0.15) is 5.82 Å². The zero-order valence-corrected chi connectivity index (χ0v) is 11.1. The van der Waals surface area contributed by atoms with Gasteiger partial charge >= 0.3 is 0 Å². The molecule has 0 spiro atoms. The van der Waals surface area contributed by atoms with Gasteiger partial charge in [0.25, 0.3) is 5.89 Å². The van der Waals surface area contributed by atoms with Gasteiger partial charge in [0, 0.05) is 24.2 Å². The monoisotopic (exact) mass is 278 g/mol. The Morgan fingerprint density at radius 3 is 2.81 bits per heavy atom. The molecule has 4 aromatic rings. The van der Waals surface area contributed by atoms with Gasteiger partial charge in [0.15, 0.2) is 5.65 Å². The lowest BCUT2D eigenvalue weighted by Gasteiger charge is -1.97. The second-order valence-corrected chi connectivity index (χ2v) is 4.52. The van der Waals surface area contributed by atoms with Gasteiger partial charge in [-0.1, -0.05) is 5.16 Å². The molecular formula is C14H10N6O. The molecule has 0 radical (unpaired) electrons. The number of hydrogen-bond donors (Lipinski definition) is 0. The summed E-state index contributed by atoms with van der Waals surface area (Å²) in [5.41, 5.74) is 2.30. The summed E-state index contributed by atoms with van der Waals surface area (Å²) >= 11 is 0. The number of pyridine rings is 2. The van der Waals surface area contributed by atoms with Crippen molar-refractivity contribution in [2.75, 3.05) is 0 Å². The SMILES string of the molecule is Cc1nnc2c(-c3nc(-c4ccncc4)no3)cccn12. The van der Waals surface area contributed by atoms with Crippen molar-refractivity contribution in [1.29, 1.82) is 0 Å². The lowest BCUT2D eigenvalue weighted by Crippen LogP contribution is -1.90. The highest BCUT2D eigenvalue weighted by Gasteiger charge is 2.15. The summed E-state index contributed by atoms with van der Waals surface area (Å²) in [5.74, 6) is 1.74. The van der Waals surface area contributed by atoms with Gasteiger partial charge in [-0.15, -0.1) is 10.2 Å². The summed E-state index contributed by atoms with van der Waals surface area (Å²) in [6, 6.07) is 7.44. The molecule has 0 aliphatic heterocycles. The van der Waals surface area contributed by atoms with E-state index in [1.54, 1.807) is 12.4 Å². The summed E-state index contributed by atoms with van der Waals surface area (Å²) in [6.45, 7) is 1.89. The third-order valence-electron chi connectivity index (χ3n) is 3.20. The number of hydrogen-bond acceptors (Lipinski definition) is 6. The summed E-state index contributed by atoms with van der Waals surface area (Å²) < 4.78 is 7.24. The van der Waals surface area contributed by atoms with Gasteiger partial charge < -0.3 is 4.52 Å². The molecule has 4 aromatic heterocycles. The molecule has 0 unspecified atom stereocenters. The van der Waals surface area contributed by atoms with Crippen molar-refractivity contribution in [2.24, 2.45) is 0 Å². The van der Waals surface area contributed by atoms with Crippen molar-refractivity contribution in [3.05, 3.63) is 48.7 Å². The van der Waals surface area contributed by atoms with Crippen LogP contribution in [-0.2, 0) is 0 Å². The van der Waals surface area contributed by atoms with Crippen LogP contribution >= 0.6 is 0 Å². The Bertz CT molecular complexity index is 912. The zero-order chi connectivity index (χ0) is 14.2. The third kappa shape index (κ3) is 1.86. The predicted octanol–water partition coefficient (Wildman–Crippen LogP) is 2.15. The summed E-state index contributed by atoms with van der Waals surface area (Å²) in [4.78, 5) is 8.40. The molecule has 7 heteroatoms. The molecule has 0 aromatic carbocycles. The molecule has 0 aliphatic rings. The minimum atomic E-state index is 0.416. The van der Waals surface area contributed by atoms with Crippen LogP contribution in [0.25, 0.3) is 28.5 Å². The smallest absolute Gasteiger partial charge is 0.262 e. The van der Waals surface area contributed by atoms with Crippen molar-refractivity contribution >= 4 is 5.65 Å². The molecule has 4 heterocycles. The fourth-order valence-electron chi connectivity index (χ4n) is 2.15. The predicted molar refractivity (Wildman–Crippen MR) is 74.2 cm³/mol.